The van der Waals surface area contributed by atoms with Crippen LogP contribution in [-0.2, 0) is 17.9 Å². The molecule has 1 unspecified atom stereocenters. The molecule has 0 spiro atoms. The predicted molar refractivity (Wildman–Crippen MR) is 139 cm³/mol. The van der Waals surface area contributed by atoms with E-state index in [0.29, 0.717) is 35.2 Å². The van der Waals surface area contributed by atoms with E-state index in [0.717, 1.165) is 15.8 Å². The van der Waals surface area contributed by atoms with E-state index in [4.69, 9.17) is 14.2 Å². The third-order valence-electron chi connectivity index (χ3n) is 6.63. The number of thiophene rings is 1. The van der Waals surface area contributed by atoms with Gasteiger partial charge in [-0.1, -0.05) is 18.2 Å². The highest BCUT2D eigenvalue weighted by Crippen LogP contribution is 2.40. The fourth-order valence-electron chi connectivity index (χ4n) is 4.78. The van der Waals surface area contributed by atoms with Crippen LogP contribution in [0.4, 0.5) is 5.69 Å². The van der Waals surface area contributed by atoms with E-state index < -0.39 is 5.54 Å². The quantitative estimate of drug-likeness (QED) is 0.401. The van der Waals surface area contributed by atoms with Crippen LogP contribution in [0.3, 0.4) is 0 Å². The molecule has 3 heterocycles. The highest BCUT2D eigenvalue weighted by molar-refractivity contribution is 7.16. The first kappa shape index (κ1) is 23.7. The van der Waals surface area contributed by atoms with Gasteiger partial charge in [-0.25, -0.2) is 0 Å². The zero-order chi connectivity index (χ0) is 25.4. The molecular formula is C27H27N3O5S. The number of amides is 2. The van der Waals surface area contributed by atoms with Gasteiger partial charge in [0, 0.05) is 29.2 Å². The minimum atomic E-state index is -1.22. The molecule has 1 aliphatic rings. The number of hydrogen-bond acceptors (Lipinski definition) is 6. The third kappa shape index (κ3) is 3.76. The van der Waals surface area contributed by atoms with Gasteiger partial charge in [-0.2, -0.15) is 0 Å². The van der Waals surface area contributed by atoms with Crippen LogP contribution in [0.5, 0.6) is 17.2 Å². The molecule has 0 fully saturated rings. The minimum Gasteiger partial charge on any atom is -0.496 e. The topological polar surface area (TPSA) is 82.0 Å². The van der Waals surface area contributed by atoms with E-state index in [1.165, 1.54) is 7.11 Å². The minimum absolute atomic E-state index is 0.258. The average molecular weight is 506 g/mol. The van der Waals surface area contributed by atoms with Crippen LogP contribution in [0.2, 0.25) is 0 Å². The van der Waals surface area contributed by atoms with Gasteiger partial charge in [0.1, 0.15) is 21.8 Å². The summed E-state index contributed by atoms with van der Waals surface area (Å²) in [4.78, 5) is 30.4. The molecule has 0 saturated carbocycles. The molecule has 0 saturated heterocycles. The molecule has 4 aromatic rings. The summed E-state index contributed by atoms with van der Waals surface area (Å²) in [6.45, 7) is 2.35. The van der Waals surface area contributed by atoms with Crippen LogP contribution in [0.1, 0.15) is 23.0 Å². The third-order valence-corrected chi connectivity index (χ3v) is 7.58. The molecule has 2 aromatic heterocycles. The number of nitrogens with zero attached hydrogens (tertiary/aromatic N) is 2. The molecule has 0 bridgehead atoms. The van der Waals surface area contributed by atoms with Crippen molar-refractivity contribution in [1.29, 1.82) is 0 Å². The molecule has 1 N–H and O–H groups in total. The fourth-order valence-corrected chi connectivity index (χ4v) is 5.68. The predicted octanol–water partition coefficient (Wildman–Crippen LogP) is 4.46. The summed E-state index contributed by atoms with van der Waals surface area (Å²) in [5, 5.41) is 6.01. The van der Waals surface area contributed by atoms with Crippen LogP contribution in [0.25, 0.3) is 10.2 Å². The van der Waals surface area contributed by atoms with Crippen molar-refractivity contribution in [2.24, 2.45) is 0 Å². The Balaban J connectivity index is 1.58. The Morgan fingerprint density at radius 1 is 1.00 bits per heavy atom. The second-order valence-electron chi connectivity index (χ2n) is 8.75. The molecule has 1 aliphatic heterocycles. The Kier molecular flexibility index (Phi) is 6.09. The first-order valence-corrected chi connectivity index (χ1v) is 12.3. The number of methoxy groups -OCH3 is 3. The molecule has 1 atom stereocenters. The molecule has 36 heavy (non-hydrogen) atoms. The van der Waals surface area contributed by atoms with E-state index in [1.807, 2.05) is 46.3 Å². The molecule has 0 aliphatic carbocycles. The Labute approximate surface area is 213 Å². The van der Waals surface area contributed by atoms with Gasteiger partial charge in [0.15, 0.2) is 11.5 Å². The van der Waals surface area contributed by atoms with Crippen LogP contribution in [-0.4, -0.2) is 43.2 Å². The average Bonchev–Trinajstić information content (AvgIpc) is 3.49. The van der Waals surface area contributed by atoms with Crippen LogP contribution in [0.15, 0.2) is 60.0 Å². The molecule has 8 nitrogen and oxygen atoms in total. The maximum atomic E-state index is 14.0. The zero-order valence-electron chi connectivity index (χ0n) is 20.5. The fraction of sp³-hybridized carbons (Fsp3) is 0.259. The smallest absolute Gasteiger partial charge is 0.275 e. The van der Waals surface area contributed by atoms with Crippen molar-refractivity contribution >= 4 is 39.1 Å². The van der Waals surface area contributed by atoms with E-state index in [-0.39, 0.29) is 18.4 Å². The highest BCUT2D eigenvalue weighted by Gasteiger charge is 2.49. The van der Waals surface area contributed by atoms with E-state index in [9.17, 15) is 9.59 Å². The highest BCUT2D eigenvalue weighted by atomic mass is 32.1. The summed E-state index contributed by atoms with van der Waals surface area (Å²) in [6.07, 6.45) is 0. The first-order valence-electron chi connectivity index (χ1n) is 11.4. The van der Waals surface area contributed by atoms with Crippen molar-refractivity contribution in [2.75, 3.05) is 26.2 Å². The monoisotopic (exact) mass is 505 g/mol. The summed E-state index contributed by atoms with van der Waals surface area (Å²) in [7, 11) is 4.69. The molecular weight excluding hydrogens is 478 g/mol. The van der Waals surface area contributed by atoms with Crippen LogP contribution >= 0.6 is 11.3 Å². The van der Waals surface area contributed by atoms with Gasteiger partial charge in [0.2, 0.25) is 5.91 Å². The number of rotatable bonds is 7. The van der Waals surface area contributed by atoms with Crippen molar-refractivity contribution in [3.05, 3.63) is 71.2 Å². The number of aromatic nitrogens is 1. The van der Waals surface area contributed by atoms with Crippen molar-refractivity contribution in [2.45, 2.75) is 25.6 Å². The van der Waals surface area contributed by atoms with Crippen molar-refractivity contribution < 1.29 is 23.8 Å². The number of carbonyl (C=O) groups is 2. The number of anilines is 1. The zero-order valence-corrected chi connectivity index (χ0v) is 21.3. The van der Waals surface area contributed by atoms with Crippen molar-refractivity contribution in [3.63, 3.8) is 0 Å². The van der Waals surface area contributed by atoms with Gasteiger partial charge in [-0.3, -0.25) is 14.5 Å². The summed E-state index contributed by atoms with van der Waals surface area (Å²) >= 11 is 1.55. The lowest BCUT2D eigenvalue weighted by Gasteiger charge is -2.44. The van der Waals surface area contributed by atoms with Gasteiger partial charge in [0.05, 0.1) is 27.9 Å². The molecule has 9 heteroatoms. The number of nitrogens with one attached hydrogen (secondary N) is 1. The number of benzene rings is 2. The van der Waals surface area contributed by atoms with Gasteiger partial charge in [-0.15, -0.1) is 11.3 Å². The lowest BCUT2D eigenvalue weighted by Crippen LogP contribution is -2.64. The molecule has 2 aromatic carbocycles. The maximum absolute atomic E-state index is 14.0. The van der Waals surface area contributed by atoms with E-state index >= 15 is 0 Å². The normalized spacial score (nSPS) is 17.1. The largest absolute Gasteiger partial charge is 0.496 e. The van der Waals surface area contributed by atoms with E-state index in [1.54, 1.807) is 55.6 Å². The number of hydrogen-bond donors (Lipinski definition) is 1. The van der Waals surface area contributed by atoms with Crippen LogP contribution in [0, 0.1) is 0 Å². The second kappa shape index (κ2) is 9.23. The lowest BCUT2D eigenvalue weighted by molar-refractivity contribution is -0.126. The number of carbonyl (C=O) groups excluding carboxylic acids is 2. The van der Waals surface area contributed by atoms with Gasteiger partial charge < -0.3 is 24.1 Å². The molecule has 186 valence electrons. The second-order valence-corrected chi connectivity index (χ2v) is 9.64. The van der Waals surface area contributed by atoms with Gasteiger partial charge in [-0.05, 0) is 42.6 Å². The Morgan fingerprint density at radius 3 is 2.50 bits per heavy atom. The van der Waals surface area contributed by atoms with Gasteiger partial charge >= 0.3 is 0 Å². The molecule has 0 radical (unpaired) electrons. The summed E-state index contributed by atoms with van der Waals surface area (Å²) in [5.41, 5.74) is 0.714. The number of ether oxygens (including phenoxy) is 3. The Morgan fingerprint density at radius 2 is 1.75 bits per heavy atom. The summed E-state index contributed by atoms with van der Waals surface area (Å²) in [5.74, 6) is 1.17. The summed E-state index contributed by atoms with van der Waals surface area (Å²) in [6, 6.07) is 16.6. The number of fused-ring (bicyclic) bond motifs is 3. The van der Waals surface area contributed by atoms with Crippen molar-refractivity contribution in [1.82, 2.24) is 9.88 Å². The molecule has 2 amide bonds. The number of para-hydroxylation sites is 1. The SMILES string of the molecule is COc1ccccc1CNC(=O)C1(C)Cn2c(cc3ccsc32)C(=O)N1c1ccc(OC)c(OC)c1. The Bertz CT molecular complexity index is 1460. The van der Waals surface area contributed by atoms with E-state index in [2.05, 4.69) is 5.32 Å². The van der Waals surface area contributed by atoms with Gasteiger partial charge in [0.25, 0.3) is 5.91 Å². The maximum Gasteiger partial charge on any atom is 0.275 e. The van der Waals surface area contributed by atoms with Crippen LogP contribution < -0.4 is 24.4 Å². The summed E-state index contributed by atoms with van der Waals surface area (Å²) < 4.78 is 18.2. The molecule has 5 rings (SSSR count). The Hall–Kier alpha value is -3.98. The standard InChI is InChI=1S/C27H27N3O5S/c1-27(26(32)28-15-18-7-5-6-8-21(18)33-2)16-29-20(13-17-11-12-36-25(17)29)24(31)30(27)19-9-10-22(34-3)23(14-19)35-4/h5-14H,15-16H2,1-4H3,(H,28,32). The first-order chi connectivity index (χ1) is 17.4. The van der Waals surface area contributed by atoms with Crippen molar-refractivity contribution in [3.8, 4) is 17.2 Å². The lowest BCUT2D eigenvalue weighted by atomic mass is 9.93.